The summed E-state index contributed by atoms with van der Waals surface area (Å²) in [4.78, 5) is 28.8. The molecule has 0 bridgehead atoms. The van der Waals surface area contributed by atoms with Crippen molar-refractivity contribution in [2.45, 2.75) is 32.7 Å². The molecule has 0 radical (unpaired) electrons. The lowest BCUT2D eigenvalue weighted by molar-refractivity contribution is 0.671. The molecule has 2 heterocycles. The largest absolute Gasteiger partial charge is 0.332 e. The van der Waals surface area contributed by atoms with E-state index in [0.29, 0.717) is 23.6 Å². The minimum absolute atomic E-state index is 0.316. The molecule has 0 fully saturated rings. The molecule has 0 spiro atoms. The Balaban J connectivity index is 2.80. The lowest BCUT2D eigenvalue weighted by Crippen LogP contribution is -2.37. The van der Waals surface area contributed by atoms with Crippen molar-refractivity contribution in [1.82, 2.24) is 18.7 Å². The van der Waals surface area contributed by atoms with Crippen LogP contribution in [-0.4, -0.2) is 24.6 Å². The fraction of sp³-hybridized carbons (Fsp3) is 0.615. The molecule has 0 saturated carbocycles. The van der Waals surface area contributed by atoms with Crippen LogP contribution in [-0.2, 0) is 27.1 Å². The second-order valence-electron chi connectivity index (χ2n) is 4.85. The number of aryl methyl sites for hydroxylation is 3. The highest BCUT2D eigenvalue weighted by Crippen LogP contribution is 2.13. The maximum Gasteiger partial charge on any atom is 0.332 e. The van der Waals surface area contributed by atoms with Gasteiger partial charge < -0.3 is 4.57 Å². The Morgan fingerprint density at radius 1 is 1.20 bits per heavy atom. The molecule has 0 aliphatic heterocycles. The Hall–Kier alpha value is -1.56. The van der Waals surface area contributed by atoms with Crippen molar-refractivity contribution in [3.63, 3.8) is 0 Å². The second kappa shape index (κ2) is 5.83. The van der Waals surface area contributed by atoms with Gasteiger partial charge in [-0.2, -0.15) is 0 Å². The van der Waals surface area contributed by atoms with Crippen molar-refractivity contribution in [3.05, 3.63) is 26.7 Å². The summed E-state index contributed by atoms with van der Waals surface area (Å²) in [6.45, 7) is 2.62. The number of aromatic nitrogens is 4. The first kappa shape index (κ1) is 14.8. The van der Waals surface area contributed by atoms with Crippen LogP contribution in [0.4, 0.5) is 0 Å². The van der Waals surface area contributed by atoms with Gasteiger partial charge in [0.05, 0.1) is 0 Å². The highest BCUT2D eigenvalue weighted by Gasteiger charge is 2.18. The minimum atomic E-state index is -0.361. The van der Waals surface area contributed by atoms with E-state index in [4.69, 9.17) is 11.6 Å². The molecule has 0 atom stereocenters. The third kappa shape index (κ3) is 2.28. The van der Waals surface area contributed by atoms with Gasteiger partial charge in [-0.05, 0) is 6.42 Å². The first-order valence-corrected chi connectivity index (χ1v) is 7.27. The highest BCUT2D eigenvalue weighted by molar-refractivity contribution is 6.17. The van der Waals surface area contributed by atoms with E-state index in [1.807, 2.05) is 4.57 Å². The lowest BCUT2D eigenvalue weighted by atomic mass is 10.2. The highest BCUT2D eigenvalue weighted by atomic mass is 35.5. The second-order valence-corrected chi connectivity index (χ2v) is 5.23. The first-order chi connectivity index (χ1) is 9.52. The summed E-state index contributed by atoms with van der Waals surface area (Å²) in [5, 5.41) is 0. The average Bonchev–Trinajstić information content (AvgIpc) is 2.80. The Morgan fingerprint density at radius 3 is 2.50 bits per heavy atom. The average molecular weight is 299 g/mol. The molecule has 2 aromatic rings. The topological polar surface area (TPSA) is 61.8 Å². The first-order valence-electron chi connectivity index (χ1n) is 6.74. The van der Waals surface area contributed by atoms with Crippen molar-refractivity contribution < 1.29 is 0 Å². The molecular formula is C13H19ClN4O2. The predicted octanol–water partition coefficient (Wildman–Crippen LogP) is 1.02. The van der Waals surface area contributed by atoms with Crippen molar-refractivity contribution >= 4 is 22.8 Å². The zero-order chi connectivity index (χ0) is 14.9. The van der Waals surface area contributed by atoms with Crippen LogP contribution >= 0.6 is 11.6 Å². The molecule has 0 saturated heterocycles. The molecule has 7 heteroatoms. The summed E-state index contributed by atoms with van der Waals surface area (Å²) in [5.74, 6) is 1.22. The summed E-state index contributed by atoms with van der Waals surface area (Å²) in [6, 6.07) is 0. The fourth-order valence-electron chi connectivity index (χ4n) is 2.34. The fourth-order valence-corrected chi connectivity index (χ4v) is 2.51. The minimum Gasteiger partial charge on any atom is -0.321 e. The summed E-state index contributed by atoms with van der Waals surface area (Å²) in [7, 11) is 3.11. The monoisotopic (exact) mass is 298 g/mol. The normalized spacial score (nSPS) is 11.4. The van der Waals surface area contributed by atoms with E-state index in [1.165, 1.54) is 11.6 Å². The Labute approximate surface area is 121 Å². The third-order valence-corrected chi connectivity index (χ3v) is 3.66. The molecule has 0 aromatic carbocycles. The van der Waals surface area contributed by atoms with Crippen LogP contribution in [0.1, 0.15) is 25.6 Å². The van der Waals surface area contributed by atoms with Gasteiger partial charge in [-0.3, -0.25) is 13.9 Å². The van der Waals surface area contributed by atoms with Gasteiger partial charge in [0.2, 0.25) is 0 Å². The van der Waals surface area contributed by atoms with Gasteiger partial charge in [-0.15, -0.1) is 11.6 Å². The molecule has 6 nitrogen and oxygen atoms in total. The predicted molar refractivity (Wildman–Crippen MR) is 79.5 cm³/mol. The number of hydrogen-bond donors (Lipinski definition) is 0. The van der Waals surface area contributed by atoms with Gasteiger partial charge in [0, 0.05) is 32.9 Å². The summed E-state index contributed by atoms with van der Waals surface area (Å²) in [5.41, 5.74) is 0.221. The van der Waals surface area contributed by atoms with E-state index >= 15 is 0 Å². The Bertz CT molecular complexity index is 741. The van der Waals surface area contributed by atoms with E-state index < -0.39 is 0 Å². The van der Waals surface area contributed by atoms with E-state index in [9.17, 15) is 9.59 Å². The standard InChI is InChI=1S/C13H19ClN4O2/c1-4-5-6-9-15-11-10(18(9)8-7-14)12(19)17(3)13(20)16(11)2/h4-8H2,1-3H3. The number of fused-ring (bicyclic) bond motifs is 1. The van der Waals surface area contributed by atoms with E-state index in [2.05, 4.69) is 11.9 Å². The van der Waals surface area contributed by atoms with Gasteiger partial charge >= 0.3 is 5.69 Å². The van der Waals surface area contributed by atoms with Gasteiger partial charge in [0.1, 0.15) is 5.82 Å². The molecule has 0 aliphatic rings. The number of unbranched alkanes of at least 4 members (excludes halogenated alkanes) is 1. The van der Waals surface area contributed by atoms with E-state index in [-0.39, 0.29) is 11.2 Å². The number of alkyl halides is 1. The quantitative estimate of drug-likeness (QED) is 0.774. The number of rotatable bonds is 5. The molecular weight excluding hydrogens is 280 g/mol. The van der Waals surface area contributed by atoms with Crippen LogP contribution in [0.3, 0.4) is 0 Å². The molecule has 0 aliphatic carbocycles. The van der Waals surface area contributed by atoms with Gasteiger partial charge in [-0.25, -0.2) is 9.78 Å². The van der Waals surface area contributed by atoms with Crippen molar-refractivity contribution in [1.29, 1.82) is 0 Å². The Morgan fingerprint density at radius 2 is 1.90 bits per heavy atom. The molecule has 20 heavy (non-hydrogen) atoms. The smallest absolute Gasteiger partial charge is 0.321 e. The summed E-state index contributed by atoms with van der Waals surface area (Å²) < 4.78 is 4.37. The Kier molecular flexibility index (Phi) is 4.32. The molecule has 0 amide bonds. The maximum absolute atomic E-state index is 12.3. The third-order valence-electron chi connectivity index (χ3n) is 3.49. The summed E-state index contributed by atoms with van der Waals surface area (Å²) in [6.07, 6.45) is 2.81. The zero-order valence-electron chi connectivity index (χ0n) is 12.0. The molecule has 0 unspecified atom stereocenters. The number of imidazole rings is 1. The SMILES string of the molecule is CCCCc1nc2c(c(=O)n(C)c(=O)n2C)n1CCCl. The van der Waals surface area contributed by atoms with Crippen LogP contribution in [0.2, 0.25) is 0 Å². The van der Waals surface area contributed by atoms with Crippen LogP contribution in [0.15, 0.2) is 9.59 Å². The lowest BCUT2D eigenvalue weighted by Gasteiger charge is -2.07. The zero-order valence-corrected chi connectivity index (χ0v) is 12.8. The summed E-state index contributed by atoms with van der Waals surface area (Å²) >= 11 is 5.84. The van der Waals surface area contributed by atoms with Gasteiger partial charge in [0.15, 0.2) is 11.2 Å². The van der Waals surface area contributed by atoms with Gasteiger partial charge in [0.25, 0.3) is 5.56 Å². The van der Waals surface area contributed by atoms with Crippen molar-refractivity contribution in [2.75, 3.05) is 5.88 Å². The van der Waals surface area contributed by atoms with Gasteiger partial charge in [-0.1, -0.05) is 13.3 Å². The van der Waals surface area contributed by atoms with Crippen LogP contribution in [0.5, 0.6) is 0 Å². The van der Waals surface area contributed by atoms with Crippen LogP contribution < -0.4 is 11.2 Å². The van der Waals surface area contributed by atoms with Crippen molar-refractivity contribution in [3.8, 4) is 0 Å². The van der Waals surface area contributed by atoms with Crippen molar-refractivity contribution in [2.24, 2.45) is 14.1 Å². The molecule has 2 aromatic heterocycles. The van der Waals surface area contributed by atoms with E-state index in [0.717, 1.165) is 29.7 Å². The molecule has 110 valence electrons. The molecule has 0 N–H and O–H groups in total. The van der Waals surface area contributed by atoms with Crippen LogP contribution in [0, 0.1) is 0 Å². The number of halogens is 1. The van der Waals surface area contributed by atoms with E-state index in [1.54, 1.807) is 7.05 Å². The number of nitrogens with zero attached hydrogens (tertiary/aromatic N) is 4. The number of hydrogen-bond acceptors (Lipinski definition) is 3. The maximum atomic E-state index is 12.3. The van der Waals surface area contributed by atoms with Crippen LogP contribution in [0.25, 0.3) is 11.2 Å². The molecule has 2 rings (SSSR count).